The van der Waals surface area contributed by atoms with E-state index < -0.39 is 11.6 Å². The first-order valence-electron chi connectivity index (χ1n) is 9.66. The summed E-state index contributed by atoms with van der Waals surface area (Å²) in [6.45, 7) is 2.51. The van der Waals surface area contributed by atoms with E-state index >= 15 is 0 Å². The van der Waals surface area contributed by atoms with Crippen LogP contribution in [0.1, 0.15) is 51.9 Å². The normalized spacial score (nSPS) is 40.2. The van der Waals surface area contributed by atoms with E-state index in [0.29, 0.717) is 18.9 Å². The van der Waals surface area contributed by atoms with Gasteiger partial charge in [0.15, 0.2) is 0 Å². The first-order chi connectivity index (χ1) is 12.0. The Labute approximate surface area is 148 Å². The molecular weight excluding hydrogens is 320 g/mol. The molecule has 0 aromatic heterocycles. The van der Waals surface area contributed by atoms with Gasteiger partial charge in [0.2, 0.25) is 0 Å². The number of carbonyl (C=O) groups is 3. The van der Waals surface area contributed by atoms with E-state index in [-0.39, 0.29) is 23.9 Å². The largest absolute Gasteiger partial charge is 0.338 e. The second-order valence-corrected chi connectivity index (χ2v) is 8.45. The van der Waals surface area contributed by atoms with Crippen molar-refractivity contribution in [3.63, 3.8) is 0 Å². The van der Waals surface area contributed by atoms with Crippen LogP contribution >= 0.6 is 0 Å². The van der Waals surface area contributed by atoms with Crippen molar-refractivity contribution < 1.29 is 14.4 Å². The minimum absolute atomic E-state index is 0.0532. The summed E-state index contributed by atoms with van der Waals surface area (Å²) in [5.74, 6) is 1.93. The summed E-state index contributed by atoms with van der Waals surface area (Å²) in [6.07, 6.45) is 7.58. The van der Waals surface area contributed by atoms with Crippen molar-refractivity contribution in [2.45, 2.75) is 63.5 Å². The van der Waals surface area contributed by atoms with Gasteiger partial charge in [-0.2, -0.15) is 0 Å². The molecule has 3 saturated carbocycles. The summed E-state index contributed by atoms with van der Waals surface area (Å²) in [4.78, 5) is 36.0. The molecule has 7 nitrogen and oxygen atoms in total. The van der Waals surface area contributed by atoms with Gasteiger partial charge in [-0.25, -0.2) is 9.59 Å². The lowest BCUT2D eigenvalue weighted by Gasteiger charge is -2.30. The van der Waals surface area contributed by atoms with Crippen molar-refractivity contribution in [3.8, 4) is 0 Å². The molecule has 25 heavy (non-hydrogen) atoms. The molecule has 0 radical (unpaired) electrons. The Bertz CT molecular complexity index is 595. The van der Waals surface area contributed by atoms with Gasteiger partial charge in [0.05, 0.1) is 0 Å². The quantitative estimate of drug-likeness (QED) is 0.579. The van der Waals surface area contributed by atoms with Crippen LogP contribution in [0.25, 0.3) is 0 Å². The van der Waals surface area contributed by atoms with Gasteiger partial charge in [-0.15, -0.1) is 0 Å². The third kappa shape index (κ3) is 2.87. The Morgan fingerprint density at radius 2 is 2.12 bits per heavy atom. The number of nitrogens with one attached hydrogen (secondary N) is 4. The Morgan fingerprint density at radius 1 is 1.28 bits per heavy atom. The topological polar surface area (TPSA) is 99.3 Å². The monoisotopic (exact) mass is 348 g/mol. The van der Waals surface area contributed by atoms with Gasteiger partial charge in [-0.05, 0) is 56.8 Å². The van der Waals surface area contributed by atoms with E-state index in [1.165, 1.54) is 25.7 Å². The minimum atomic E-state index is -0.833. The maximum Gasteiger partial charge on any atom is 0.322 e. The van der Waals surface area contributed by atoms with E-state index in [1.807, 2.05) is 0 Å². The molecule has 1 saturated heterocycles. The van der Waals surface area contributed by atoms with Gasteiger partial charge in [0.1, 0.15) is 5.54 Å². The van der Waals surface area contributed by atoms with Crippen LogP contribution in [-0.4, -0.2) is 36.1 Å². The summed E-state index contributed by atoms with van der Waals surface area (Å²) in [7, 11) is 0. The van der Waals surface area contributed by atoms with Gasteiger partial charge in [0, 0.05) is 18.5 Å². The molecule has 6 atom stereocenters. The van der Waals surface area contributed by atoms with E-state index in [0.717, 1.165) is 24.7 Å². The SMILES string of the molecule is CC(NC(=O)NCC1CCCC12NC(=O)NC2=O)C1CC2CCC1C2. The zero-order chi connectivity index (χ0) is 17.6. The molecule has 6 unspecified atom stereocenters. The van der Waals surface area contributed by atoms with E-state index in [4.69, 9.17) is 0 Å². The maximum atomic E-state index is 12.3. The molecule has 138 valence electrons. The van der Waals surface area contributed by atoms with E-state index in [9.17, 15) is 14.4 Å². The predicted molar refractivity (Wildman–Crippen MR) is 91.7 cm³/mol. The molecule has 1 heterocycles. The number of carbonyl (C=O) groups excluding carboxylic acids is 3. The Hall–Kier alpha value is -1.79. The highest BCUT2D eigenvalue weighted by molar-refractivity contribution is 6.07. The Kier molecular flexibility index (Phi) is 4.12. The average molecular weight is 348 g/mol. The number of fused-ring (bicyclic) bond motifs is 2. The highest BCUT2D eigenvalue weighted by Gasteiger charge is 2.54. The average Bonchev–Trinajstić information content (AvgIpc) is 3.32. The summed E-state index contributed by atoms with van der Waals surface area (Å²) in [5, 5.41) is 11.1. The second-order valence-electron chi connectivity index (χ2n) is 8.45. The van der Waals surface area contributed by atoms with Crippen molar-refractivity contribution in [2.75, 3.05) is 6.54 Å². The molecule has 2 bridgehead atoms. The number of rotatable bonds is 4. The Balaban J connectivity index is 1.28. The van der Waals surface area contributed by atoms with Crippen LogP contribution in [0.4, 0.5) is 9.59 Å². The number of hydrogen-bond donors (Lipinski definition) is 4. The molecule has 0 aromatic rings. The van der Waals surface area contributed by atoms with E-state index in [1.54, 1.807) is 0 Å². The second kappa shape index (κ2) is 6.18. The molecule has 7 heteroatoms. The third-order valence-electron chi connectivity index (χ3n) is 7.09. The lowest BCUT2D eigenvalue weighted by molar-refractivity contribution is -0.125. The predicted octanol–water partition coefficient (Wildman–Crippen LogP) is 1.49. The maximum absolute atomic E-state index is 12.3. The smallest absolute Gasteiger partial charge is 0.322 e. The van der Waals surface area contributed by atoms with Crippen LogP contribution in [0.3, 0.4) is 0 Å². The van der Waals surface area contributed by atoms with Crippen molar-refractivity contribution in [1.29, 1.82) is 0 Å². The molecular formula is C18H28N4O3. The van der Waals surface area contributed by atoms with Crippen molar-refractivity contribution in [3.05, 3.63) is 0 Å². The fourth-order valence-electron chi connectivity index (χ4n) is 5.81. The standard InChI is InChI=1S/C18H28N4O3/c1-10(14-8-11-4-5-12(14)7-11)20-16(24)19-9-13-3-2-6-18(13)15(23)21-17(25)22-18/h10-14H,2-9H2,1H3,(H2,19,20,24)(H2,21,22,23,25). The van der Waals surface area contributed by atoms with Crippen LogP contribution in [0, 0.1) is 23.7 Å². The number of imide groups is 1. The molecule has 1 aliphatic heterocycles. The third-order valence-corrected chi connectivity index (χ3v) is 7.09. The van der Waals surface area contributed by atoms with Crippen LogP contribution < -0.4 is 21.3 Å². The zero-order valence-electron chi connectivity index (χ0n) is 14.8. The molecule has 4 rings (SSSR count). The first-order valence-corrected chi connectivity index (χ1v) is 9.66. The number of hydrogen-bond acceptors (Lipinski definition) is 3. The summed E-state index contributed by atoms with van der Waals surface area (Å²) >= 11 is 0. The molecule has 4 aliphatic rings. The molecule has 3 aliphatic carbocycles. The van der Waals surface area contributed by atoms with Crippen LogP contribution in [0.15, 0.2) is 0 Å². The highest BCUT2D eigenvalue weighted by Crippen LogP contribution is 2.49. The number of amides is 5. The van der Waals surface area contributed by atoms with Crippen molar-refractivity contribution in [1.82, 2.24) is 21.3 Å². The van der Waals surface area contributed by atoms with Crippen LogP contribution in [0.5, 0.6) is 0 Å². The zero-order valence-corrected chi connectivity index (χ0v) is 14.8. The molecule has 5 amide bonds. The van der Waals surface area contributed by atoms with Gasteiger partial charge >= 0.3 is 12.1 Å². The molecule has 1 spiro atoms. The van der Waals surface area contributed by atoms with Gasteiger partial charge < -0.3 is 16.0 Å². The summed E-state index contributed by atoms with van der Waals surface area (Å²) in [5.41, 5.74) is -0.833. The molecule has 0 aromatic carbocycles. The van der Waals surface area contributed by atoms with Gasteiger partial charge in [0.25, 0.3) is 5.91 Å². The molecule has 4 fully saturated rings. The van der Waals surface area contributed by atoms with Crippen LogP contribution in [0.2, 0.25) is 0 Å². The van der Waals surface area contributed by atoms with Crippen molar-refractivity contribution in [2.24, 2.45) is 23.7 Å². The fourth-order valence-corrected chi connectivity index (χ4v) is 5.81. The summed E-state index contributed by atoms with van der Waals surface area (Å²) in [6, 6.07) is -0.407. The molecule has 4 N–H and O–H groups in total. The van der Waals surface area contributed by atoms with Crippen molar-refractivity contribution >= 4 is 18.0 Å². The Morgan fingerprint density at radius 3 is 2.76 bits per heavy atom. The van der Waals surface area contributed by atoms with Gasteiger partial charge in [-0.3, -0.25) is 10.1 Å². The van der Waals surface area contributed by atoms with Crippen LogP contribution in [-0.2, 0) is 4.79 Å². The lowest BCUT2D eigenvalue weighted by atomic mass is 9.84. The fraction of sp³-hybridized carbons (Fsp3) is 0.833. The summed E-state index contributed by atoms with van der Waals surface area (Å²) < 4.78 is 0. The highest BCUT2D eigenvalue weighted by atomic mass is 16.2. The van der Waals surface area contributed by atoms with E-state index in [2.05, 4.69) is 28.2 Å². The number of urea groups is 2. The first kappa shape index (κ1) is 16.7. The minimum Gasteiger partial charge on any atom is -0.338 e. The van der Waals surface area contributed by atoms with Gasteiger partial charge in [-0.1, -0.05) is 12.8 Å². The lowest BCUT2D eigenvalue weighted by Crippen LogP contribution is -2.54.